The summed E-state index contributed by atoms with van der Waals surface area (Å²) in [4.78, 5) is 13.1. The highest BCUT2D eigenvalue weighted by Crippen LogP contribution is 2.27. The minimum atomic E-state index is 0.959. The molecule has 4 nitrogen and oxygen atoms in total. The normalized spacial score (nSPS) is 16.0. The van der Waals surface area contributed by atoms with Gasteiger partial charge in [-0.1, -0.05) is 6.07 Å². The second-order valence-corrected chi connectivity index (χ2v) is 6.41. The van der Waals surface area contributed by atoms with Crippen LogP contribution >= 0.6 is 11.3 Å². The Morgan fingerprint density at radius 3 is 2.81 bits per heavy atom. The van der Waals surface area contributed by atoms with Crippen LogP contribution in [0.1, 0.15) is 12.8 Å². The van der Waals surface area contributed by atoms with E-state index in [0.29, 0.717) is 0 Å². The molecule has 0 atom stereocenters. The van der Waals surface area contributed by atoms with E-state index in [-0.39, 0.29) is 0 Å². The van der Waals surface area contributed by atoms with Crippen LogP contribution in [0.4, 0.5) is 0 Å². The second kappa shape index (κ2) is 5.58. The molecule has 21 heavy (non-hydrogen) atoms. The number of aromatic nitrogens is 3. The average Bonchev–Trinajstić information content (AvgIpc) is 3.25. The van der Waals surface area contributed by atoms with Gasteiger partial charge in [-0.25, -0.2) is 9.97 Å². The maximum Gasteiger partial charge on any atom is 0.160 e. The molecule has 0 saturated carbocycles. The van der Waals surface area contributed by atoms with E-state index < -0.39 is 0 Å². The zero-order valence-corrected chi connectivity index (χ0v) is 12.7. The number of fused-ring (bicyclic) bond motifs is 1. The van der Waals surface area contributed by atoms with Crippen LogP contribution in [-0.4, -0.2) is 39.1 Å². The molecule has 0 unspecified atom stereocenters. The number of pyridine rings is 1. The predicted octanol–water partition coefficient (Wildman–Crippen LogP) is 3.26. The van der Waals surface area contributed by atoms with Crippen molar-refractivity contribution < 1.29 is 0 Å². The van der Waals surface area contributed by atoms with Crippen LogP contribution in [0, 0.1) is 0 Å². The van der Waals surface area contributed by atoms with Crippen molar-refractivity contribution in [1.29, 1.82) is 0 Å². The largest absolute Gasteiger partial charge is 0.307 e. The minimum Gasteiger partial charge on any atom is -0.307 e. The fourth-order valence-corrected chi connectivity index (χ4v) is 3.73. The van der Waals surface area contributed by atoms with Gasteiger partial charge in [-0.2, -0.15) is 0 Å². The Labute approximate surface area is 128 Å². The fourth-order valence-electron chi connectivity index (χ4n) is 3.01. The van der Waals surface area contributed by atoms with Crippen LogP contribution in [0.3, 0.4) is 0 Å². The summed E-state index contributed by atoms with van der Waals surface area (Å²) in [6.45, 7) is 4.50. The van der Waals surface area contributed by atoms with Gasteiger partial charge in [0, 0.05) is 19.3 Å². The Kier molecular flexibility index (Phi) is 3.45. The number of rotatable bonds is 4. The third-order valence-electron chi connectivity index (χ3n) is 4.08. The van der Waals surface area contributed by atoms with E-state index >= 15 is 0 Å². The number of thiophene rings is 1. The first kappa shape index (κ1) is 13.0. The number of imidazole rings is 1. The topological polar surface area (TPSA) is 34.0 Å². The van der Waals surface area contributed by atoms with Gasteiger partial charge in [0.25, 0.3) is 0 Å². The molecule has 4 heterocycles. The van der Waals surface area contributed by atoms with Crippen molar-refractivity contribution in [2.24, 2.45) is 0 Å². The molecular formula is C16H18N4S. The smallest absolute Gasteiger partial charge is 0.160 e. The molecule has 1 fully saturated rings. The highest BCUT2D eigenvalue weighted by atomic mass is 32.1. The molecule has 1 aliphatic rings. The molecule has 0 aromatic carbocycles. The molecule has 0 bridgehead atoms. The SMILES string of the molecule is c1csc(-c2nc3cccnc3n2CCN2CCCC2)c1. The van der Waals surface area contributed by atoms with Gasteiger partial charge in [0.1, 0.15) is 5.52 Å². The van der Waals surface area contributed by atoms with Gasteiger partial charge in [0.2, 0.25) is 0 Å². The first-order chi connectivity index (χ1) is 10.4. The minimum absolute atomic E-state index is 0.959. The van der Waals surface area contributed by atoms with Crippen LogP contribution in [0.15, 0.2) is 35.8 Å². The summed E-state index contributed by atoms with van der Waals surface area (Å²) in [7, 11) is 0. The predicted molar refractivity (Wildman–Crippen MR) is 86.5 cm³/mol. The summed E-state index contributed by atoms with van der Waals surface area (Å²) in [6.07, 6.45) is 4.52. The second-order valence-electron chi connectivity index (χ2n) is 5.46. The van der Waals surface area contributed by atoms with E-state index in [1.54, 1.807) is 11.3 Å². The number of nitrogens with zero attached hydrogens (tertiary/aromatic N) is 4. The van der Waals surface area contributed by atoms with Gasteiger partial charge in [0.05, 0.1) is 4.88 Å². The molecule has 0 aliphatic carbocycles. The van der Waals surface area contributed by atoms with Crippen molar-refractivity contribution in [3.8, 4) is 10.7 Å². The highest BCUT2D eigenvalue weighted by molar-refractivity contribution is 7.13. The summed E-state index contributed by atoms with van der Waals surface area (Å²) in [5.41, 5.74) is 1.99. The summed E-state index contributed by atoms with van der Waals surface area (Å²) < 4.78 is 2.28. The van der Waals surface area contributed by atoms with Gasteiger partial charge in [0.15, 0.2) is 11.5 Å². The van der Waals surface area contributed by atoms with Gasteiger partial charge < -0.3 is 9.47 Å². The lowest BCUT2D eigenvalue weighted by Crippen LogP contribution is -2.24. The molecule has 5 heteroatoms. The van der Waals surface area contributed by atoms with Gasteiger partial charge in [-0.05, 0) is 49.5 Å². The number of hydrogen-bond donors (Lipinski definition) is 0. The maximum atomic E-state index is 4.79. The van der Waals surface area contributed by atoms with Crippen LogP contribution in [0.2, 0.25) is 0 Å². The Bertz CT molecular complexity index is 726. The summed E-state index contributed by atoms with van der Waals surface area (Å²) in [5, 5.41) is 2.10. The Morgan fingerprint density at radius 2 is 2.00 bits per heavy atom. The maximum absolute atomic E-state index is 4.79. The zero-order valence-electron chi connectivity index (χ0n) is 11.9. The van der Waals surface area contributed by atoms with E-state index in [9.17, 15) is 0 Å². The highest BCUT2D eigenvalue weighted by Gasteiger charge is 2.16. The Balaban J connectivity index is 1.71. The van der Waals surface area contributed by atoms with Crippen molar-refractivity contribution in [3.05, 3.63) is 35.8 Å². The average molecular weight is 298 g/mol. The molecule has 0 spiro atoms. The Hall–Kier alpha value is -1.72. The van der Waals surface area contributed by atoms with Crippen molar-refractivity contribution in [2.45, 2.75) is 19.4 Å². The molecule has 3 aromatic heterocycles. The third kappa shape index (κ3) is 2.47. The van der Waals surface area contributed by atoms with E-state index in [1.807, 2.05) is 18.3 Å². The molecule has 0 amide bonds. The number of likely N-dealkylation sites (tertiary alicyclic amines) is 1. The molecule has 1 aliphatic heterocycles. The van der Waals surface area contributed by atoms with E-state index in [0.717, 1.165) is 30.1 Å². The van der Waals surface area contributed by atoms with E-state index in [1.165, 1.54) is 30.8 Å². The number of hydrogen-bond acceptors (Lipinski definition) is 4. The molecule has 0 N–H and O–H groups in total. The summed E-state index contributed by atoms with van der Waals surface area (Å²) in [5.74, 6) is 1.05. The van der Waals surface area contributed by atoms with Gasteiger partial charge >= 0.3 is 0 Å². The summed E-state index contributed by atoms with van der Waals surface area (Å²) >= 11 is 1.74. The van der Waals surface area contributed by atoms with Gasteiger partial charge in [-0.15, -0.1) is 11.3 Å². The lowest BCUT2D eigenvalue weighted by atomic mass is 10.4. The monoisotopic (exact) mass is 298 g/mol. The Morgan fingerprint density at radius 1 is 1.10 bits per heavy atom. The molecule has 1 saturated heterocycles. The first-order valence-electron chi connectivity index (χ1n) is 7.49. The zero-order chi connectivity index (χ0) is 14.1. The quantitative estimate of drug-likeness (QED) is 0.741. The van der Waals surface area contributed by atoms with E-state index in [4.69, 9.17) is 4.98 Å². The van der Waals surface area contributed by atoms with Crippen molar-refractivity contribution in [2.75, 3.05) is 19.6 Å². The van der Waals surface area contributed by atoms with E-state index in [2.05, 4.69) is 32.0 Å². The molecule has 108 valence electrons. The van der Waals surface area contributed by atoms with Crippen LogP contribution in [0.5, 0.6) is 0 Å². The molecule has 3 aromatic rings. The van der Waals surface area contributed by atoms with Crippen molar-refractivity contribution in [1.82, 2.24) is 19.4 Å². The fraction of sp³-hybridized carbons (Fsp3) is 0.375. The first-order valence-corrected chi connectivity index (χ1v) is 8.37. The molecular weight excluding hydrogens is 280 g/mol. The van der Waals surface area contributed by atoms with Crippen LogP contribution in [0.25, 0.3) is 21.9 Å². The van der Waals surface area contributed by atoms with Gasteiger partial charge in [-0.3, -0.25) is 0 Å². The third-order valence-corrected chi connectivity index (χ3v) is 4.95. The molecule has 4 rings (SSSR count). The van der Waals surface area contributed by atoms with Crippen molar-refractivity contribution >= 4 is 22.5 Å². The van der Waals surface area contributed by atoms with Crippen LogP contribution in [-0.2, 0) is 6.54 Å². The lowest BCUT2D eigenvalue weighted by molar-refractivity contribution is 0.324. The standard InChI is InChI=1S/C16H18N4S/c1-2-9-19(8-1)10-11-20-15-13(5-3-7-17-15)18-16(20)14-6-4-12-21-14/h3-7,12H,1-2,8-11H2. The summed E-state index contributed by atoms with van der Waals surface area (Å²) in [6, 6.07) is 8.22. The lowest BCUT2D eigenvalue weighted by Gasteiger charge is -2.16. The van der Waals surface area contributed by atoms with Crippen molar-refractivity contribution in [3.63, 3.8) is 0 Å². The van der Waals surface area contributed by atoms with Crippen LogP contribution < -0.4 is 0 Å². The molecule has 0 radical (unpaired) electrons.